The van der Waals surface area contributed by atoms with Crippen molar-refractivity contribution < 1.29 is 9.53 Å². The van der Waals surface area contributed by atoms with Gasteiger partial charge in [0, 0.05) is 28.7 Å². The number of nitrogens with one attached hydrogen (secondary N) is 2. The summed E-state index contributed by atoms with van der Waals surface area (Å²) in [5.41, 5.74) is 5.09. The van der Waals surface area contributed by atoms with Crippen LogP contribution < -0.4 is 10.1 Å². The molecule has 1 amide bonds. The Morgan fingerprint density at radius 2 is 1.87 bits per heavy atom. The molecule has 1 heterocycles. The van der Waals surface area contributed by atoms with Gasteiger partial charge in [0.15, 0.2) is 0 Å². The molecule has 2 N–H and O–H groups in total. The van der Waals surface area contributed by atoms with E-state index in [1.54, 1.807) is 7.11 Å². The summed E-state index contributed by atoms with van der Waals surface area (Å²) >= 11 is 0. The molecule has 4 heteroatoms. The first-order valence-electron chi connectivity index (χ1n) is 7.58. The smallest absolute Gasteiger partial charge is 0.251 e. The van der Waals surface area contributed by atoms with Crippen LogP contribution in [0.5, 0.6) is 5.75 Å². The zero-order valence-electron chi connectivity index (χ0n) is 13.6. The van der Waals surface area contributed by atoms with Gasteiger partial charge in [-0.25, -0.2) is 0 Å². The molecule has 0 atom stereocenters. The number of hydrogen-bond donors (Lipinski definition) is 2. The topological polar surface area (TPSA) is 54.1 Å². The van der Waals surface area contributed by atoms with E-state index >= 15 is 0 Å². The highest BCUT2D eigenvalue weighted by Crippen LogP contribution is 2.22. The van der Waals surface area contributed by atoms with E-state index in [-0.39, 0.29) is 5.91 Å². The highest BCUT2D eigenvalue weighted by atomic mass is 16.5. The molecule has 2 aromatic carbocycles. The molecule has 3 aromatic rings. The van der Waals surface area contributed by atoms with E-state index in [4.69, 9.17) is 4.74 Å². The number of aryl methyl sites for hydroxylation is 2. The molecule has 1 aromatic heterocycles. The third-order valence-electron chi connectivity index (χ3n) is 4.18. The Kier molecular flexibility index (Phi) is 4.06. The number of amides is 1. The fourth-order valence-corrected chi connectivity index (χ4v) is 2.63. The lowest BCUT2D eigenvalue weighted by atomic mass is 10.1. The van der Waals surface area contributed by atoms with Crippen LogP contribution in [0.1, 0.15) is 27.2 Å². The molecule has 0 saturated carbocycles. The summed E-state index contributed by atoms with van der Waals surface area (Å²) in [6.07, 6.45) is 0. The van der Waals surface area contributed by atoms with Crippen molar-refractivity contribution in [2.45, 2.75) is 20.4 Å². The molecule has 0 bridgehead atoms. The molecule has 0 saturated heterocycles. The maximum atomic E-state index is 12.4. The van der Waals surface area contributed by atoms with Crippen LogP contribution >= 0.6 is 0 Å². The number of aromatic amines is 1. The molecule has 23 heavy (non-hydrogen) atoms. The average Bonchev–Trinajstić information content (AvgIpc) is 2.87. The Bertz CT molecular complexity index is 848. The Labute approximate surface area is 135 Å². The van der Waals surface area contributed by atoms with Crippen molar-refractivity contribution in [1.82, 2.24) is 10.3 Å². The van der Waals surface area contributed by atoms with E-state index in [2.05, 4.69) is 17.2 Å². The second-order valence-corrected chi connectivity index (χ2v) is 5.67. The highest BCUT2D eigenvalue weighted by molar-refractivity contribution is 5.99. The normalized spacial score (nSPS) is 10.7. The lowest BCUT2D eigenvalue weighted by Gasteiger charge is -2.07. The fourth-order valence-electron chi connectivity index (χ4n) is 2.63. The number of fused-ring (bicyclic) bond motifs is 1. The van der Waals surface area contributed by atoms with E-state index in [0.29, 0.717) is 12.1 Å². The molecule has 0 spiro atoms. The second kappa shape index (κ2) is 6.16. The van der Waals surface area contributed by atoms with Gasteiger partial charge in [0.1, 0.15) is 5.75 Å². The Balaban J connectivity index is 1.73. The molecule has 4 nitrogen and oxygen atoms in total. The average molecular weight is 308 g/mol. The first-order valence-corrected chi connectivity index (χ1v) is 7.58. The minimum atomic E-state index is -0.0685. The minimum Gasteiger partial charge on any atom is -0.497 e. The molecule has 0 aliphatic heterocycles. The molecular formula is C19H20N2O2. The van der Waals surface area contributed by atoms with Crippen LogP contribution in [-0.4, -0.2) is 18.0 Å². The second-order valence-electron chi connectivity index (χ2n) is 5.67. The minimum absolute atomic E-state index is 0.0685. The summed E-state index contributed by atoms with van der Waals surface area (Å²) < 4.78 is 5.13. The Morgan fingerprint density at radius 1 is 1.13 bits per heavy atom. The van der Waals surface area contributed by atoms with Crippen molar-refractivity contribution in [3.05, 3.63) is 64.8 Å². The lowest BCUT2D eigenvalue weighted by molar-refractivity contribution is 0.0951. The monoisotopic (exact) mass is 308 g/mol. The summed E-state index contributed by atoms with van der Waals surface area (Å²) in [5, 5.41) is 4.05. The highest BCUT2D eigenvalue weighted by Gasteiger charge is 2.09. The van der Waals surface area contributed by atoms with Crippen LogP contribution in [0.2, 0.25) is 0 Å². The summed E-state index contributed by atoms with van der Waals surface area (Å²) in [4.78, 5) is 15.7. The third-order valence-corrected chi connectivity index (χ3v) is 4.18. The number of ether oxygens (including phenoxy) is 1. The van der Waals surface area contributed by atoms with Gasteiger partial charge in [-0.05, 0) is 55.3 Å². The molecular weight excluding hydrogens is 288 g/mol. The maximum Gasteiger partial charge on any atom is 0.251 e. The summed E-state index contributed by atoms with van der Waals surface area (Å²) in [7, 11) is 1.64. The van der Waals surface area contributed by atoms with Gasteiger partial charge in [0.2, 0.25) is 0 Å². The predicted octanol–water partition coefficient (Wildman–Crippen LogP) is 3.72. The Morgan fingerprint density at radius 3 is 2.57 bits per heavy atom. The first kappa shape index (κ1) is 15.2. The number of methoxy groups -OCH3 is 1. The standard InChI is InChI=1S/C19H20N2O2/c1-12-13(2)21-18-9-6-15(10-17(12)18)19(22)20-11-14-4-7-16(23-3)8-5-14/h4-10,21H,11H2,1-3H3,(H,20,22). The molecule has 0 radical (unpaired) electrons. The van der Waals surface area contributed by atoms with Crippen LogP contribution in [0, 0.1) is 13.8 Å². The van der Waals surface area contributed by atoms with Gasteiger partial charge in [-0.15, -0.1) is 0 Å². The van der Waals surface area contributed by atoms with Crippen molar-refractivity contribution in [3.63, 3.8) is 0 Å². The number of H-pyrrole nitrogens is 1. The van der Waals surface area contributed by atoms with Gasteiger partial charge < -0.3 is 15.0 Å². The van der Waals surface area contributed by atoms with E-state index in [1.165, 1.54) is 5.56 Å². The molecule has 118 valence electrons. The van der Waals surface area contributed by atoms with Crippen LogP contribution in [0.4, 0.5) is 0 Å². The summed E-state index contributed by atoms with van der Waals surface area (Å²) in [6, 6.07) is 13.4. The largest absolute Gasteiger partial charge is 0.497 e. The third kappa shape index (κ3) is 3.06. The molecule has 0 aliphatic carbocycles. The molecule has 0 unspecified atom stereocenters. The maximum absolute atomic E-state index is 12.4. The molecule has 3 rings (SSSR count). The zero-order chi connectivity index (χ0) is 16.4. The number of rotatable bonds is 4. The van der Waals surface area contributed by atoms with Crippen LogP contribution in [0.15, 0.2) is 42.5 Å². The van der Waals surface area contributed by atoms with Crippen molar-refractivity contribution >= 4 is 16.8 Å². The molecule has 0 fully saturated rings. The van der Waals surface area contributed by atoms with Crippen molar-refractivity contribution in [1.29, 1.82) is 0 Å². The van der Waals surface area contributed by atoms with Gasteiger partial charge in [-0.1, -0.05) is 12.1 Å². The number of carbonyl (C=O) groups is 1. The van der Waals surface area contributed by atoms with Crippen LogP contribution in [-0.2, 0) is 6.54 Å². The predicted molar refractivity (Wildman–Crippen MR) is 91.9 cm³/mol. The molecule has 0 aliphatic rings. The van der Waals surface area contributed by atoms with Crippen LogP contribution in [0.25, 0.3) is 10.9 Å². The Hall–Kier alpha value is -2.75. The van der Waals surface area contributed by atoms with Crippen molar-refractivity contribution in [2.75, 3.05) is 7.11 Å². The number of hydrogen-bond acceptors (Lipinski definition) is 2. The van der Waals surface area contributed by atoms with E-state index < -0.39 is 0 Å². The van der Waals surface area contributed by atoms with Gasteiger partial charge in [0.05, 0.1) is 7.11 Å². The van der Waals surface area contributed by atoms with Gasteiger partial charge >= 0.3 is 0 Å². The number of benzene rings is 2. The number of carbonyl (C=O) groups excluding carboxylic acids is 1. The first-order chi connectivity index (χ1) is 11.1. The van der Waals surface area contributed by atoms with Crippen LogP contribution in [0.3, 0.4) is 0 Å². The van der Waals surface area contributed by atoms with Gasteiger partial charge in [-0.3, -0.25) is 4.79 Å². The van der Waals surface area contributed by atoms with E-state index in [9.17, 15) is 4.79 Å². The van der Waals surface area contributed by atoms with E-state index in [1.807, 2.05) is 49.4 Å². The number of aromatic nitrogens is 1. The van der Waals surface area contributed by atoms with Gasteiger partial charge in [0.25, 0.3) is 5.91 Å². The lowest BCUT2D eigenvalue weighted by Crippen LogP contribution is -2.22. The zero-order valence-corrected chi connectivity index (χ0v) is 13.6. The summed E-state index contributed by atoms with van der Waals surface area (Å²) in [6.45, 7) is 4.60. The van der Waals surface area contributed by atoms with Crippen molar-refractivity contribution in [3.8, 4) is 5.75 Å². The SMILES string of the molecule is COc1ccc(CNC(=O)c2ccc3[nH]c(C)c(C)c3c2)cc1. The van der Waals surface area contributed by atoms with Crippen molar-refractivity contribution in [2.24, 2.45) is 0 Å². The fraction of sp³-hybridized carbons (Fsp3) is 0.211. The summed E-state index contributed by atoms with van der Waals surface area (Å²) in [5.74, 6) is 0.741. The van der Waals surface area contributed by atoms with Gasteiger partial charge in [-0.2, -0.15) is 0 Å². The quantitative estimate of drug-likeness (QED) is 0.771. The van der Waals surface area contributed by atoms with E-state index in [0.717, 1.165) is 27.9 Å².